The molecule has 0 amide bonds. The Bertz CT molecular complexity index is 1770. The summed E-state index contributed by atoms with van der Waals surface area (Å²) in [5.74, 6) is -0.0639. The van der Waals surface area contributed by atoms with Crippen molar-refractivity contribution in [2.75, 3.05) is 49.3 Å². The van der Waals surface area contributed by atoms with Crippen molar-refractivity contribution >= 4 is 27.5 Å². The fourth-order valence-electron chi connectivity index (χ4n) is 6.83. The molecule has 0 radical (unpaired) electrons. The Hall–Kier alpha value is -3.74. The summed E-state index contributed by atoms with van der Waals surface area (Å²) in [6.45, 7) is 14.6. The molecule has 278 valence electrons. The Balaban J connectivity index is 1.58. The number of hydrogen-bond donors (Lipinski definition) is 2. The zero-order valence-electron chi connectivity index (χ0n) is 31.0. The van der Waals surface area contributed by atoms with Gasteiger partial charge >= 0.3 is 5.97 Å². The molecule has 2 aromatic carbocycles. The Labute approximate surface area is 302 Å². The standard InChI is InChI=1S/C39H53FN4O6S/c1-26-32(35(37(45)46)50-38(2,3)4)34(43-23-19-39(5,6)20-24-43)33(36(41-26)42-30-16-21-44(22-17-30)51(7,47)48)28-10-14-31(15-11-28)49-25-18-27-8-12-29(40)13-9-27/h8-15,30,35H,16-25H2,1-7H3,(H,41,42)(H,45,46). The number of nitrogens with one attached hydrogen (secondary N) is 1. The molecule has 1 atom stereocenters. The Morgan fingerprint density at radius 2 is 1.65 bits per heavy atom. The van der Waals surface area contributed by atoms with Gasteiger partial charge in [-0.15, -0.1) is 0 Å². The molecule has 2 aliphatic rings. The van der Waals surface area contributed by atoms with Crippen LogP contribution < -0.4 is 15.0 Å². The summed E-state index contributed by atoms with van der Waals surface area (Å²) in [5, 5.41) is 14.3. The van der Waals surface area contributed by atoms with Crippen LogP contribution in [0, 0.1) is 18.2 Å². The number of pyridine rings is 1. The molecule has 2 fully saturated rings. The highest BCUT2D eigenvalue weighted by Crippen LogP contribution is 2.47. The van der Waals surface area contributed by atoms with Crippen LogP contribution in [-0.2, 0) is 26.0 Å². The highest BCUT2D eigenvalue weighted by atomic mass is 32.2. The SMILES string of the molecule is Cc1nc(NC2CCN(S(C)(=O)=O)CC2)c(-c2ccc(OCCc3ccc(F)cc3)cc2)c(N2CCC(C)(C)CC2)c1C(OC(C)(C)C)C(=O)O. The van der Waals surface area contributed by atoms with E-state index < -0.39 is 27.7 Å². The van der Waals surface area contributed by atoms with Crippen molar-refractivity contribution in [1.82, 2.24) is 9.29 Å². The number of carbonyl (C=O) groups is 1. The van der Waals surface area contributed by atoms with Gasteiger partial charge < -0.3 is 24.8 Å². The maximum Gasteiger partial charge on any atom is 0.337 e. The highest BCUT2D eigenvalue weighted by molar-refractivity contribution is 7.88. The van der Waals surface area contributed by atoms with Crippen LogP contribution in [0.15, 0.2) is 48.5 Å². The molecule has 0 saturated carbocycles. The van der Waals surface area contributed by atoms with Crippen molar-refractivity contribution < 1.29 is 32.2 Å². The van der Waals surface area contributed by atoms with Crippen LogP contribution in [0.5, 0.6) is 5.75 Å². The minimum Gasteiger partial charge on any atom is -0.493 e. The van der Waals surface area contributed by atoms with Crippen LogP contribution in [-0.4, -0.2) is 79.5 Å². The number of aryl methyl sites for hydroxylation is 1. The quantitative estimate of drug-likeness (QED) is 0.200. The van der Waals surface area contributed by atoms with E-state index in [0.717, 1.165) is 48.3 Å². The maximum atomic E-state index is 13.4. The van der Waals surface area contributed by atoms with Gasteiger partial charge in [-0.25, -0.2) is 26.9 Å². The number of sulfonamides is 1. The average Bonchev–Trinajstić information content (AvgIpc) is 3.04. The Kier molecular flexibility index (Phi) is 11.7. The van der Waals surface area contributed by atoms with E-state index in [-0.39, 0.29) is 17.3 Å². The number of hydrogen-bond acceptors (Lipinski definition) is 8. The first-order valence-electron chi connectivity index (χ1n) is 17.8. The van der Waals surface area contributed by atoms with Gasteiger partial charge in [0.1, 0.15) is 17.4 Å². The molecule has 0 bridgehead atoms. The van der Waals surface area contributed by atoms with Crippen molar-refractivity contribution in [2.24, 2.45) is 5.41 Å². The van der Waals surface area contributed by atoms with E-state index >= 15 is 0 Å². The number of halogens is 1. The first-order chi connectivity index (χ1) is 23.9. The lowest BCUT2D eigenvalue weighted by Gasteiger charge is -2.41. The predicted molar refractivity (Wildman–Crippen MR) is 200 cm³/mol. The topological polar surface area (TPSA) is 121 Å². The molecule has 2 N–H and O–H groups in total. The van der Waals surface area contributed by atoms with Crippen molar-refractivity contribution in [3.63, 3.8) is 0 Å². The average molecular weight is 725 g/mol. The number of aliphatic carboxylic acids is 1. The summed E-state index contributed by atoms with van der Waals surface area (Å²) >= 11 is 0. The Morgan fingerprint density at radius 3 is 2.20 bits per heavy atom. The second-order valence-electron chi connectivity index (χ2n) is 15.6. The van der Waals surface area contributed by atoms with E-state index in [2.05, 4.69) is 24.1 Å². The second kappa shape index (κ2) is 15.5. The largest absolute Gasteiger partial charge is 0.493 e. The number of anilines is 2. The van der Waals surface area contributed by atoms with E-state index in [1.807, 2.05) is 52.0 Å². The summed E-state index contributed by atoms with van der Waals surface area (Å²) in [6, 6.07) is 14.1. The zero-order chi connectivity index (χ0) is 37.1. The van der Waals surface area contributed by atoms with Gasteiger partial charge in [-0.1, -0.05) is 38.1 Å². The predicted octanol–water partition coefficient (Wildman–Crippen LogP) is 7.22. The van der Waals surface area contributed by atoms with E-state index in [0.29, 0.717) is 61.8 Å². The van der Waals surface area contributed by atoms with E-state index in [1.165, 1.54) is 22.7 Å². The number of rotatable bonds is 12. The molecule has 2 saturated heterocycles. The van der Waals surface area contributed by atoms with E-state index in [1.54, 1.807) is 12.1 Å². The van der Waals surface area contributed by atoms with Gasteiger partial charge in [0.25, 0.3) is 0 Å². The summed E-state index contributed by atoms with van der Waals surface area (Å²) in [5.41, 5.74) is 3.88. The molecule has 1 unspecified atom stereocenters. The molecule has 10 nitrogen and oxygen atoms in total. The molecular formula is C39H53FN4O6S. The van der Waals surface area contributed by atoms with Gasteiger partial charge in [0, 0.05) is 55.5 Å². The van der Waals surface area contributed by atoms with Gasteiger partial charge in [0.05, 0.1) is 24.2 Å². The van der Waals surface area contributed by atoms with Crippen LogP contribution in [0.4, 0.5) is 15.9 Å². The number of carboxylic acids is 1. The number of ether oxygens (including phenoxy) is 2. The molecule has 2 aliphatic heterocycles. The summed E-state index contributed by atoms with van der Waals surface area (Å²) in [6.07, 6.45) is 3.67. The third-order valence-corrected chi connectivity index (χ3v) is 11.1. The molecule has 51 heavy (non-hydrogen) atoms. The highest BCUT2D eigenvalue weighted by Gasteiger charge is 2.37. The lowest BCUT2D eigenvalue weighted by atomic mass is 9.82. The van der Waals surface area contributed by atoms with Gasteiger partial charge in [-0.3, -0.25) is 0 Å². The van der Waals surface area contributed by atoms with Crippen LogP contribution in [0.25, 0.3) is 11.1 Å². The van der Waals surface area contributed by atoms with Crippen LogP contribution in [0.3, 0.4) is 0 Å². The molecule has 0 aliphatic carbocycles. The Morgan fingerprint density at radius 1 is 1.04 bits per heavy atom. The molecule has 3 aromatic rings. The van der Waals surface area contributed by atoms with Gasteiger partial charge in [-0.05, 0) is 94.2 Å². The minimum absolute atomic E-state index is 0.0391. The second-order valence-corrected chi connectivity index (χ2v) is 17.6. The van der Waals surface area contributed by atoms with Crippen LogP contribution >= 0.6 is 0 Å². The fraction of sp³-hybridized carbons (Fsp3) is 0.538. The molecule has 5 rings (SSSR count). The maximum absolute atomic E-state index is 13.4. The van der Waals surface area contributed by atoms with Crippen molar-refractivity contribution in [1.29, 1.82) is 0 Å². The molecule has 12 heteroatoms. The van der Waals surface area contributed by atoms with Crippen LogP contribution in [0.2, 0.25) is 0 Å². The van der Waals surface area contributed by atoms with Crippen LogP contribution in [0.1, 0.15) is 83.2 Å². The smallest absolute Gasteiger partial charge is 0.337 e. The normalized spacial score (nSPS) is 18.0. The zero-order valence-corrected chi connectivity index (χ0v) is 31.8. The third-order valence-electron chi connectivity index (χ3n) is 9.77. The third kappa shape index (κ3) is 9.99. The first-order valence-corrected chi connectivity index (χ1v) is 19.6. The van der Waals surface area contributed by atoms with Gasteiger partial charge in [0.15, 0.2) is 6.10 Å². The molecule has 3 heterocycles. The van der Waals surface area contributed by atoms with E-state index in [4.69, 9.17) is 14.5 Å². The van der Waals surface area contributed by atoms with Crippen molar-refractivity contribution in [2.45, 2.75) is 91.4 Å². The summed E-state index contributed by atoms with van der Waals surface area (Å²) < 4.78 is 51.7. The minimum atomic E-state index is -3.29. The molecule has 0 spiro atoms. The number of benzene rings is 2. The lowest BCUT2D eigenvalue weighted by molar-refractivity contribution is -0.160. The number of carboxylic acid groups (broad SMARTS) is 1. The number of piperidine rings is 2. The molecular weight excluding hydrogens is 672 g/mol. The monoisotopic (exact) mass is 724 g/mol. The van der Waals surface area contributed by atoms with Gasteiger partial charge in [0.2, 0.25) is 10.0 Å². The van der Waals surface area contributed by atoms with Gasteiger partial charge in [-0.2, -0.15) is 0 Å². The summed E-state index contributed by atoms with van der Waals surface area (Å²) in [7, 11) is -3.29. The van der Waals surface area contributed by atoms with Crippen molar-refractivity contribution in [3.05, 3.63) is 71.2 Å². The first kappa shape index (κ1) is 38.5. The lowest BCUT2D eigenvalue weighted by Crippen LogP contribution is -2.42. The van der Waals surface area contributed by atoms with E-state index in [9.17, 15) is 22.7 Å². The number of aromatic nitrogens is 1. The van der Waals surface area contributed by atoms with Crippen molar-refractivity contribution in [3.8, 4) is 16.9 Å². The number of nitrogens with zero attached hydrogens (tertiary/aromatic N) is 3. The molecule has 1 aromatic heterocycles. The fourth-order valence-corrected chi connectivity index (χ4v) is 7.70. The summed E-state index contributed by atoms with van der Waals surface area (Å²) in [4.78, 5) is 20.4.